The van der Waals surface area contributed by atoms with Gasteiger partial charge in [-0.1, -0.05) is 37.3 Å². The zero-order valence-corrected chi connectivity index (χ0v) is 19.0. The van der Waals surface area contributed by atoms with Crippen molar-refractivity contribution in [3.05, 3.63) is 59.2 Å². The lowest BCUT2D eigenvalue weighted by molar-refractivity contribution is -0.140. The summed E-state index contributed by atoms with van der Waals surface area (Å²) in [6.07, 6.45) is 6.18. The molecule has 1 heterocycles. The molecule has 3 saturated carbocycles. The Balaban J connectivity index is 1.16. The number of ether oxygens (including phenoxy) is 2. The van der Waals surface area contributed by atoms with Crippen LogP contribution in [-0.4, -0.2) is 39.5 Å². The van der Waals surface area contributed by atoms with Gasteiger partial charge < -0.3 is 25.0 Å². The molecule has 4 aliphatic rings. The van der Waals surface area contributed by atoms with E-state index in [1.54, 1.807) is 12.1 Å². The van der Waals surface area contributed by atoms with Crippen molar-refractivity contribution < 1.29 is 24.5 Å². The molecule has 1 aliphatic heterocycles. The molecule has 4 atom stereocenters. The highest BCUT2D eigenvalue weighted by Gasteiger charge is 2.75. The number of amides is 1. The first-order valence-corrected chi connectivity index (χ1v) is 12.1. The number of phenols is 1. The molecule has 3 aliphatic carbocycles. The lowest BCUT2D eigenvalue weighted by Crippen LogP contribution is -2.42. The normalized spacial score (nSPS) is 32.7. The van der Waals surface area contributed by atoms with Crippen LogP contribution in [-0.2, 0) is 17.7 Å². The van der Waals surface area contributed by atoms with Crippen LogP contribution in [0.5, 0.6) is 11.5 Å². The Labute approximate surface area is 193 Å². The fourth-order valence-electron chi connectivity index (χ4n) is 5.77. The fourth-order valence-corrected chi connectivity index (χ4v) is 5.77. The third kappa shape index (κ3) is 3.69. The van der Waals surface area contributed by atoms with Gasteiger partial charge in [-0.25, -0.2) is 0 Å². The number of aliphatic hydroxyl groups is 1. The Morgan fingerprint density at radius 2 is 1.79 bits per heavy atom. The molecule has 2 aromatic rings. The van der Waals surface area contributed by atoms with Crippen molar-refractivity contribution in [1.29, 1.82) is 0 Å². The molecule has 2 aromatic carbocycles. The van der Waals surface area contributed by atoms with E-state index in [1.807, 2.05) is 12.1 Å². The van der Waals surface area contributed by atoms with Crippen molar-refractivity contribution in [2.75, 3.05) is 0 Å². The summed E-state index contributed by atoms with van der Waals surface area (Å²) in [5, 5.41) is 23.6. The van der Waals surface area contributed by atoms with Crippen LogP contribution < -0.4 is 10.1 Å². The van der Waals surface area contributed by atoms with E-state index in [0.29, 0.717) is 24.1 Å². The highest BCUT2D eigenvalue weighted by molar-refractivity contribution is 5.99. The van der Waals surface area contributed by atoms with Crippen LogP contribution in [0.3, 0.4) is 0 Å². The average molecular weight is 450 g/mol. The molecule has 6 heteroatoms. The molecule has 174 valence electrons. The summed E-state index contributed by atoms with van der Waals surface area (Å²) >= 11 is 0. The van der Waals surface area contributed by atoms with Gasteiger partial charge in [-0.2, -0.15) is 0 Å². The van der Waals surface area contributed by atoms with Crippen LogP contribution in [0.4, 0.5) is 0 Å². The Morgan fingerprint density at radius 3 is 2.45 bits per heavy atom. The number of aryl methyl sites for hydroxylation is 1. The Morgan fingerprint density at radius 1 is 1.09 bits per heavy atom. The van der Waals surface area contributed by atoms with Crippen LogP contribution in [0.1, 0.15) is 66.9 Å². The molecule has 6 rings (SSSR count). The molecule has 0 radical (unpaired) electrons. The third-order valence-electron chi connectivity index (χ3n) is 8.04. The maximum atomic E-state index is 13.0. The Hall–Kier alpha value is -2.57. The smallest absolute Gasteiger partial charge is 0.259 e. The number of aliphatic hydroxyl groups excluding tert-OH is 1. The number of rotatable bonds is 6. The van der Waals surface area contributed by atoms with Gasteiger partial charge in [-0.15, -0.1) is 0 Å². The quantitative estimate of drug-likeness (QED) is 0.623. The summed E-state index contributed by atoms with van der Waals surface area (Å²) in [6.45, 7) is 2.48. The van der Waals surface area contributed by atoms with Gasteiger partial charge in [0, 0.05) is 19.4 Å². The van der Waals surface area contributed by atoms with E-state index in [4.69, 9.17) is 9.47 Å². The number of carbonyl (C=O) groups is 1. The molecule has 4 fully saturated rings. The number of hydrogen-bond donors (Lipinski definition) is 3. The van der Waals surface area contributed by atoms with E-state index < -0.39 is 0 Å². The number of nitrogens with one attached hydrogen (secondary N) is 1. The number of aromatic hydroxyl groups is 1. The van der Waals surface area contributed by atoms with Crippen LogP contribution in [0.2, 0.25) is 0 Å². The summed E-state index contributed by atoms with van der Waals surface area (Å²) in [6, 6.07) is 13.1. The zero-order valence-electron chi connectivity index (χ0n) is 19.0. The minimum atomic E-state index is -0.390. The van der Waals surface area contributed by atoms with E-state index in [2.05, 4.69) is 24.4 Å². The minimum Gasteiger partial charge on any atom is -0.507 e. The first-order valence-electron chi connectivity index (χ1n) is 12.1. The van der Waals surface area contributed by atoms with Crippen LogP contribution in [0, 0.1) is 5.41 Å². The molecule has 1 saturated heterocycles. The predicted octanol–water partition coefficient (Wildman–Crippen LogP) is 3.87. The first-order chi connectivity index (χ1) is 15.9. The molecule has 3 spiro atoms. The number of carbonyl (C=O) groups excluding carboxylic acids is 1. The predicted molar refractivity (Wildman–Crippen MR) is 122 cm³/mol. The van der Waals surface area contributed by atoms with Crippen molar-refractivity contribution in [1.82, 2.24) is 5.32 Å². The zero-order chi connectivity index (χ0) is 22.8. The maximum absolute atomic E-state index is 13.0. The minimum absolute atomic E-state index is 0.0988. The molecule has 33 heavy (non-hydrogen) atoms. The Kier molecular flexibility index (Phi) is 4.59. The van der Waals surface area contributed by atoms with Gasteiger partial charge in [0.05, 0.1) is 11.7 Å². The molecular formula is C27H31NO5. The van der Waals surface area contributed by atoms with Gasteiger partial charge in [0.25, 0.3) is 5.91 Å². The van der Waals surface area contributed by atoms with Gasteiger partial charge >= 0.3 is 0 Å². The molecule has 3 N–H and O–H groups in total. The molecule has 1 unspecified atom stereocenters. The van der Waals surface area contributed by atoms with Gasteiger partial charge in [0.1, 0.15) is 28.8 Å². The summed E-state index contributed by atoms with van der Waals surface area (Å²) < 4.78 is 12.8. The highest BCUT2D eigenvalue weighted by atomic mass is 16.6. The van der Waals surface area contributed by atoms with Crippen molar-refractivity contribution >= 4 is 5.91 Å². The van der Waals surface area contributed by atoms with Gasteiger partial charge in [0.15, 0.2) is 0 Å². The highest BCUT2D eigenvalue weighted by Crippen LogP contribution is 2.71. The van der Waals surface area contributed by atoms with Crippen LogP contribution in [0.25, 0.3) is 0 Å². The van der Waals surface area contributed by atoms with Crippen molar-refractivity contribution in [2.45, 2.75) is 81.8 Å². The van der Waals surface area contributed by atoms with Crippen molar-refractivity contribution in [3.8, 4) is 11.5 Å². The molecule has 0 aromatic heterocycles. The van der Waals surface area contributed by atoms with E-state index in [0.717, 1.165) is 31.2 Å². The van der Waals surface area contributed by atoms with E-state index >= 15 is 0 Å². The number of phenolic OH excluding ortho intramolecular Hbond substituents is 1. The summed E-state index contributed by atoms with van der Waals surface area (Å²) in [4.78, 5) is 13.0. The van der Waals surface area contributed by atoms with Crippen molar-refractivity contribution in [3.63, 3.8) is 0 Å². The second-order valence-electron chi connectivity index (χ2n) is 10.6. The number of hydrogen-bond acceptors (Lipinski definition) is 5. The standard InChI is InChI=1S/C27H31NO5/c1-2-17-6-8-18(9-7-17)14-28-24(31)23-19(29)4-3-5-20(23)32-22-13-27(22)16-25(10-11-25)15-26(33-27)12-21(26)30/h3-9,21-22,29-30H,2,10-16H2,1H3,(H,28,31)/t21-,22+,26+,27?/m0/s1. The van der Waals surface area contributed by atoms with E-state index in [9.17, 15) is 15.0 Å². The summed E-state index contributed by atoms with van der Waals surface area (Å²) in [5.41, 5.74) is 1.92. The van der Waals surface area contributed by atoms with Gasteiger partial charge in [-0.3, -0.25) is 4.79 Å². The lowest BCUT2D eigenvalue weighted by Gasteiger charge is -2.37. The fraction of sp³-hybridized carbons (Fsp3) is 0.519. The molecule has 1 amide bonds. The van der Waals surface area contributed by atoms with Crippen LogP contribution >= 0.6 is 0 Å². The van der Waals surface area contributed by atoms with Gasteiger partial charge in [0.2, 0.25) is 0 Å². The Bertz CT molecular complexity index is 1090. The van der Waals surface area contributed by atoms with Crippen LogP contribution in [0.15, 0.2) is 42.5 Å². The summed E-state index contributed by atoms with van der Waals surface area (Å²) in [7, 11) is 0. The first kappa shape index (κ1) is 21.0. The second kappa shape index (κ2) is 7.21. The monoisotopic (exact) mass is 449 g/mol. The summed E-state index contributed by atoms with van der Waals surface area (Å²) in [5.74, 6) is -0.0897. The lowest BCUT2D eigenvalue weighted by atomic mass is 9.85. The molecule has 0 bridgehead atoms. The molecule has 6 nitrogen and oxygen atoms in total. The van der Waals surface area contributed by atoms with E-state index in [-0.39, 0.29) is 40.6 Å². The van der Waals surface area contributed by atoms with Gasteiger partial charge in [-0.05, 0) is 60.8 Å². The number of benzene rings is 2. The third-order valence-corrected chi connectivity index (χ3v) is 8.04. The van der Waals surface area contributed by atoms with Crippen molar-refractivity contribution in [2.24, 2.45) is 5.41 Å². The topological polar surface area (TPSA) is 88.0 Å². The van der Waals surface area contributed by atoms with E-state index in [1.165, 1.54) is 24.5 Å². The molecular weight excluding hydrogens is 418 g/mol. The average Bonchev–Trinajstić information content (AvgIpc) is 3.75. The maximum Gasteiger partial charge on any atom is 0.259 e. The second-order valence-corrected chi connectivity index (χ2v) is 10.6. The largest absolute Gasteiger partial charge is 0.507 e. The SMILES string of the molecule is CCc1ccc(CNC(=O)c2c(O)cccc2O[C@@H]2CC23CC2(CC2)C[C@@]2(C[C@@H]2O)O3)cc1.